The molecule has 2 N–H and O–H groups in total. The van der Waals surface area contributed by atoms with E-state index in [1.807, 2.05) is 12.1 Å². The number of halogens is 1. The summed E-state index contributed by atoms with van der Waals surface area (Å²) < 4.78 is 0. The molecule has 1 amide bonds. The molecule has 0 bridgehead atoms. The molecule has 29 heavy (non-hydrogen) atoms. The maximum atomic E-state index is 11.7. The summed E-state index contributed by atoms with van der Waals surface area (Å²) in [5.41, 5.74) is 4.43. The Labute approximate surface area is 179 Å². The zero-order valence-corrected chi connectivity index (χ0v) is 17.7. The van der Waals surface area contributed by atoms with Crippen LogP contribution in [0.5, 0.6) is 0 Å². The van der Waals surface area contributed by atoms with Crippen LogP contribution in [0.25, 0.3) is 0 Å². The van der Waals surface area contributed by atoms with Crippen LogP contribution in [0.3, 0.4) is 0 Å². The predicted octanol–water partition coefficient (Wildman–Crippen LogP) is 4.37. The molecule has 4 rings (SSSR count). The topological polar surface area (TPSA) is 52.6 Å². The van der Waals surface area contributed by atoms with E-state index in [1.54, 1.807) is 0 Å². The Bertz CT molecular complexity index is 804. The SMILES string of the molecule is Cl.O=C1CCCc2cc(C(O)CN3CCC(Cc4ccccc4)CC3)ccc2N1. The lowest BCUT2D eigenvalue weighted by molar-refractivity contribution is -0.116. The molecule has 0 aromatic heterocycles. The van der Waals surface area contributed by atoms with Crippen LogP contribution < -0.4 is 5.32 Å². The predicted molar refractivity (Wildman–Crippen MR) is 120 cm³/mol. The number of piperidine rings is 1. The fourth-order valence-electron chi connectivity index (χ4n) is 4.47. The van der Waals surface area contributed by atoms with Crippen molar-refractivity contribution in [1.82, 2.24) is 4.90 Å². The highest BCUT2D eigenvalue weighted by Crippen LogP contribution is 2.28. The van der Waals surface area contributed by atoms with Gasteiger partial charge in [-0.3, -0.25) is 4.79 Å². The van der Waals surface area contributed by atoms with Gasteiger partial charge in [-0.2, -0.15) is 0 Å². The molecule has 2 aromatic carbocycles. The lowest BCUT2D eigenvalue weighted by Crippen LogP contribution is -2.37. The van der Waals surface area contributed by atoms with Crippen LogP contribution in [0.2, 0.25) is 0 Å². The number of hydrogen-bond acceptors (Lipinski definition) is 3. The molecular weight excluding hydrogens is 384 g/mol. The van der Waals surface area contributed by atoms with E-state index in [1.165, 1.54) is 18.4 Å². The van der Waals surface area contributed by atoms with Gasteiger partial charge in [-0.25, -0.2) is 0 Å². The molecule has 1 fully saturated rings. The van der Waals surface area contributed by atoms with Gasteiger partial charge in [0.2, 0.25) is 5.91 Å². The van der Waals surface area contributed by atoms with Crippen LogP contribution in [-0.2, 0) is 17.6 Å². The Hall–Kier alpha value is -1.88. The maximum absolute atomic E-state index is 11.7. The van der Waals surface area contributed by atoms with Crippen molar-refractivity contribution in [2.75, 3.05) is 25.0 Å². The second-order valence-electron chi connectivity index (χ2n) is 8.27. The van der Waals surface area contributed by atoms with Crippen molar-refractivity contribution in [1.29, 1.82) is 0 Å². The molecule has 2 aliphatic rings. The number of aliphatic hydroxyl groups is 1. The average molecular weight is 415 g/mol. The zero-order chi connectivity index (χ0) is 19.3. The van der Waals surface area contributed by atoms with Crippen LogP contribution in [-0.4, -0.2) is 35.5 Å². The summed E-state index contributed by atoms with van der Waals surface area (Å²) in [6, 6.07) is 16.7. The molecule has 1 unspecified atom stereocenters. The quantitative estimate of drug-likeness (QED) is 0.763. The number of hydrogen-bond donors (Lipinski definition) is 2. The molecule has 1 saturated heterocycles. The maximum Gasteiger partial charge on any atom is 0.224 e. The highest BCUT2D eigenvalue weighted by Gasteiger charge is 2.22. The van der Waals surface area contributed by atoms with E-state index < -0.39 is 6.10 Å². The Morgan fingerprint density at radius 1 is 1.07 bits per heavy atom. The van der Waals surface area contributed by atoms with Crippen LogP contribution >= 0.6 is 12.4 Å². The molecule has 2 aromatic rings. The van der Waals surface area contributed by atoms with Gasteiger partial charge in [0.05, 0.1) is 6.10 Å². The third-order valence-corrected chi connectivity index (χ3v) is 6.14. The van der Waals surface area contributed by atoms with E-state index in [0.29, 0.717) is 13.0 Å². The lowest BCUT2D eigenvalue weighted by Gasteiger charge is -2.33. The first-order valence-electron chi connectivity index (χ1n) is 10.5. The molecule has 1 atom stereocenters. The first-order chi connectivity index (χ1) is 13.7. The van der Waals surface area contributed by atoms with Crippen molar-refractivity contribution in [3.8, 4) is 0 Å². The highest BCUT2D eigenvalue weighted by atomic mass is 35.5. The van der Waals surface area contributed by atoms with Gasteiger partial charge < -0.3 is 15.3 Å². The molecular formula is C24H31ClN2O2. The van der Waals surface area contributed by atoms with Crippen LogP contribution in [0, 0.1) is 5.92 Å². The number of benzene rings is 2. The van der Waals surface area contributed by atoms with Crippen molar-refractivity contribution >= 4 is 24.0 Å². The van der Waals surface area contributed by atoms with Crippen molar-refractivity contribution in [3.63, 3.8) is 0 Å². The number of amides is 1. The Morgan fingerprint density at radius 2 is 1.83 bits per heavy atom. The van der Waals surface area contributed by atoms with Crippen molar-refractivity contribution in [3.05, 3.63) is 65.2 Å². The van der Waals surface area contributed by atoms with E-state index in [0.717, 1.165) is 55.1 Å². The van der Waals surface area contributed by atoms with Crippen molar-refractivity contribution in [2.45, 2.75) is 44.6 Å². The fraction of sp³-hybridized carbons (Fsp3) is 0.458. The number of fused-ring (bicyclic) bond motifs is 1. The summed E-state index contributed by atoms with van der Waals surface area (Å²) in [5.74, 6) is 0.831. The second kappa shape index (κ2) is 10.2. The van der Waals surface area contributed by atoms with E-state index in [9.17, 15) is 9.90 Å². The Morgan fingerprint density at radius 3 is 2.59 bits per heavy atom. The van der Waals surface area contributed by atoms with Gasteiger partial charge in [-0.1, -0.05) is 42.5 Å². The van der Waals surface area contributed by atoms with E-state index >= 15 is 0 Å². The van der Waals surface area contributed by atoms with Crippen LogP contribution in [0.1, 0.15) is 48.5 Å². The largest absolute Gasteiger partial charge is 0.387 e. The first-order valence-corrected chi connectivity index (χ1v) is 10.5. The summed E-state index contributed by atoms with van der Waals surface area (Å²) in [6.45, 7) is 2.79. The molecule has 0 saturated carbocycles. The molecule has 156 valence electrons. The fourth-order valence-corrected chi connectivity index (χ4v) is 4.47. The Kier molecular flexibility index (Phi) is 7.70. The zero-order valence-electron chi connectivity index (χ0n) is 16.8. The molecule has 4 nitrogen and oxygen atoms in total. The monoisotopic (exact) mass is 414 g/mol. The standard InChI is InChI=1S/C24H30N2O2.ClH/c27-23(21-9-10-22-20(16-21)7-4-8-24(28)25-22)17-26-13-11-19(12-14-26)15-18-5-2-1-3-6-18;/h1-3,5-6,9-10,16,19,23,27H,4,7-8,11-15,17H2,(H,25,28);1H. The summed E-state index contributed by atoms with van der Waals surface area (Å²) in [6.07, 6.45) is 5.40. The van der Waals surface area contributed by atoms with E-state index in [-0.39, 0.29) is 18.3 Å². The minimum atomic E-state index is -0.477. The average Bonchev–Trinajstić information content (AvgIpc) is 2.90. The minimum absolute atomic E-state index is 0. The molecule has 0 aliphatic carbocycles. The number of anilines is 1. The van der Waals surface area contributed by atoms with Gasteiger partial charge in [-0.05, 0) is 73.9 Å². The van der Waals surface area contributed by atoms with Gasteiger partial charge in [0.15, 0.2) is 0 Å². The number of carbonyl (C=O) groups is 1. The summed E-state index contributed by atoms with van der Waals surface area (Å²) in [7, 11) is 0. The number of aliphatic hydroxyl groups excluding tert-OH is 1. The first kappa shape index (κ1) is 21.8. The number of aryl methyl sites for hydroxylation is 1. The van der Waals surface area contributed by atoms with Gasteiger partial charge in [0.25, 0.3) is 0 Å². The van der Waals surface area contributed by atoms with E-state index in [4.69, 9.17) is 0 Å². The highest BCUT2D eigenvalue weighted by molar-refractivity contribution is 5.92. The summed E-state index contributed by atoms with van der Waals surface area (Å²) in [4.78, 5) is 14.1. The van der Waals surface area contributed by atoms with Gasteiger partial charge in [-0.15, -0.1) is 12.4 Å². The minimum Gasteiger partial charge on any atom is -0.387 e. The number of nitrogens with one attached hydrogen (secondary N) is 1. The van der Waals surface area contributed by atoms with Crippen molar-refractivity contribution in [2.24, 2.45) is 5.92 Å². The number of nitrogens with zero attached hydrogens (tertiary/aromatic N) is 1. The molecule has 2 heterocycles. The molecule has 2 aliphatic heterocycles. The summed E-state index contributed by atoms with van der Waals surface area (Å²) in [5, 5.41) is 13.7. The third-order valence-electron chi connectivity index (χ3n) is 6.14. The van der Waals surface area contributed by atoms with Gasteiger partial charge >= 0.3 is 0 Å². The normalized spacial score (nSPS) is 18.9. The van der Waals surface area contributed by atoms with E-state index in [2.05, 4.69) is 46.6 Å². The van der Waals surface area contributed by atoms with Crippen LogP contribution in [0.4, 0.5) is 5.69 Å². The van der Waals surface area contributed by atoms with Gasteiger partial charge in [0, 0.05) is 18.7 Å². The third kappa shape index (κ3) is 5.81. The molecule has 0 spiro atoms. The van der Waals surface area contributed by atoms with Crippen molar-refractivity contribution < 1.29 is 9.90 Å². The van der Waals surface area contributed by atoms with Crippen LogP contribution in [0.15, 0.2) is 48.5 Å². The lowest BCUT2D eigenvalue weighted by atomic mass is 9.90. The number of likely N-dealkylation sites (tertiary alicyclic amines) is 1. The summed E-state index contributed by atoms with van der Waals surface area (Å²) >= 11 is 0. The smallest absolute Gasteiger partial charge is 0.224 e. The Balaban J connectivity index is 0.00000240. The number of β-amino-alcohol motifs (C(OH)–C–C–N with tert-alkyl or cyclic N) is 1. The number of rotatable bonds is 5. The molecule has 0 radical (unpaired) electrons. The van der Waals surface area contributed by atoms with Gasteiger partial charge in [0.1, 0.15) is 0 Å². The molecule has 5 heteroatoms. The number of carbonyl (C=O) groups excluding carboxylic acids is 1. The second-order valence-corrected chi connectivity index (χ2v) is 8.27.